The molecule has 1 aliphatic heterocycles. The minimum absolute atomic E-state index is 0.0661. The van der Waals surface area contributed by atoms with Crippen LogP contribution in [0.15, 0.2) is 53.2 Å². The quantitative estimate of drug-likeness (QED) is 0.603. The molecule has 7 heteroatoms. The lowest BCUT2D eigenvalue weighted by Crippen LogP contribution is -2.25. The van der Waals surface area contributed by atoms with Crippen LogP contribution in [0.25, 0.3) is 17.1 Å². The summed E-state index contributed by atoms with van der Waals surface area (Å²) in [5.74, 6) is 0.452. The molecule has 128 valence electrons. The summed E-state index contributed by atoms with van der Waals surface area (Å²) < 4.78 is 7.41. The maximum Gasteiger partial charge on any atom is 0.325 e. The van der Waals surface area contributed by atoms with Crippen molar-refractivity contribution < 1.29 is 9.21 Å². The van der Waals surface area contributed by atoms with Gasteiger partial charge in [-0.25, -0.2) is 0 Å². The van der Waals surface area contributed by atoms with Crippen LogP contribution >= 0.6 is 0 Å². The van der Waals surface area contributed by atoms with Crippen molar-refractivity contribution in [2.75, 3.05) is 5.32 Å². The van der Waals surface area contributed by atoms with Crippen molar-refractivity contribution in [2.45, 2.75) is 19.3 Å². The Labute approximate surface area is 148 Å². The molecule has 3 aromatic heterocycles. The number of amides is 1. The van der Waals surface area contributed by atoms with Gasteiger partial charge in [0.15, 0.2) is 5.58 Å². The fourth-order valence-electron chi connectivity index (χ4n) is 3.50. The number of hydrogen-bond donors (Lipinski definition) is 1. The second kappa shape index (κ2) is 5.52. The molecule has 0 saturated heterocycles. The second-order valence-electron chi connectivity index (χ2n) is 6.31. The van der Waals surface area contributed by atoms with Gasteiger partial charge < -0.3 is 9.73 Å². The Bertz CT molecular complexity index is 1100. The van der Waals surface area contributed by atoms with E-state index < -0.39 is 0 Å². The largest absolute Gasteiger partial charge is 0.422 e. The fraction of sp³-hybridized carbons (Fsp3) is 0.158. The Kier molecular flexibility index (Phi) is 3.15. The third-order valence-corrected chi connectivity index (χ3v) is 4.65. The molecule has 4 aromatic rings. The number of pyridine rings is 1. The number of anilines is 1. The molecule has 0 saturated carbocycles. The Morgan fingerprint density at radius 1 is 1.23 bits per heavy atom. The highest BCUT2D eigenvalue weighted by Crippen LogP contribution is 2.40. The van der Waals surface area contributed by atoms with Gasteiger partial charge in [-0.05, 0) is 30.7 Å². The molecular formula is C19H15N5O2. The van der Waals surface area contributed by atoms with Gasteiger partial charge in [0.1, 0.15) is 11.3 Å². The number of hydrogen-bond acceptors (Lipinski definition) is 5. The van der Waals surface area contributed by atoms with Gasteiger partial charge in [0, 0.05) is 30.3 Å². The highest BCUT2D eigenvalue weighted by atomic mass is 16.4. The molecule has 0 bridgehead atoms. The van der Waals surface area contributed by atoms with Crippen LogP contribution in [0, 0.1) is 6.92 Å². The first kappa shape index (κ1) is 14.8. The van der Waals surface area contributed by atoms with Crippen molar-refractivity contribution in [1.29, 1.82) is 0 Å². The van der Waals surface area contributed by atoms with Crippen molar-refractivity contribution in [3.63, 3.8) is 0 Å². The third-order valence-electron chi connectivity index (χ3n) is 4.65. The van der Waals surface area contributed by atoms with E-state index in [-0.39, 0.29) is 11.8 Å². The van der Waals surface area contributed by atoms with Crippen LogP contribution in [0.1, 0.15) is 29.2 Å². The van der Waals surface area contributed by atoms with Gasteiger partial charge in [0.05, 0.1) is 5.69 Å². The highest BCUT2D eigenvalue weighted by molar-refractivity contribution is 5.95. The molecular weight excluding hydrogens is 330 g/mol. The van der Waals surface area contributed by atoms with Crippen LogP contribution in [0.3, 0.4) is 0 Å². The molecule has 0 spiro atoms. The zero-order valence-electron chi connectivity index (χ0n) is 14.0. The number of rotatable bonds is 2. The number of aromatic nitrogens is 4. The van der Waals surface area contributed by atoms with Gasteiger partial charge in [0.2, 0.25) is 5.91 Å². The summed E-state index contributed by atoms with van der Waals surface area (Å²) in [6, 6.07) is 11.7. The number of para-hydroxylation sites is 2. The number of benzene rings is 1. The molecule has 0 unspecified atom stereocenters. The van der Waals surface area contributed by atoms with E-state index in [4.69, 9.17) is 4.42 Å². The van der Waals surface area contributed by atoms with E-state index in [2.05, 4.69) is 20.4 Å². The summed E-state index contributed by atoms with van der Waals surface area (Å²) in [5.41, 5.74) is 4.21. The topological polar surface area (TPSA) is 85.8 Å². The average molecular weight is 345 g/mol. The van der Waals surface area contributed by atoms with Crippen LogP contribution in [0.2, 0.25) is 0 Å². The van der Waals surface area contributed by atoms with Crippen molar-refractivity contribution in [2.24, 2.45) is 0 Å². The number of carbonyl (C=O) groups is 1. The van der Waals surface area contributed by atoms with Crippen molar-refractivity contribution >= 4 is 22.8 Å². The Hall–Kier alpha value is -3.48. The minimum Gasteiger partial charge on any atom is -0.422 e. The van der Waals surface area contributed by atoms with Crippen LogP contribution < -0.4 is 5.32 Å². The zero-order valence-corrected chi connectivity index (χ0v) is 14.0. The van der Waals surface area contributed by atoms with E-state index in [9.17, 15) is 4.79 Å². The van der Waals surface area contributed by atoms with E-state index in [0.29, 0.717) is 23.8 Å². The minimum atomic E-state index is -0.0921. The van der Waals surface area contributed by atoms with E-state index in [1.807, 2.05) is 43.3 Å². The lowest BCUT2D eigenvalue weighted by Gasteiger charge is -2.23. The lowest BCUT2D eigenvalue weighted by molar-refractivity contribution is -0.116. The van der Waals surface area contributed by atoms with Gasteiger partial charge in [-0.3, -0.25) is 9.78 Å². The number of fused-ring (bicyclic) bond motifs is 2. The van der Waals surface area contributed by atoms with Gasteiger partial charge in [-0.15, -0.1) is 0 Å². The molecule has 0 fully saturated rings. The Balaban J connectivity index is 1.69. The number of nitrogens with zero attached hydrogens (tertiary/aromatic N) is 4. The second-order valence-corrected chi connectivity index (χ2v) is 6.31. The average Bonchev–Trinajstić information content (AvgIpc) is 3.23. The van der Waals surface area contributed by atoms with Crippen LogP contribution in [0.5, 0.6) is 0 Å². The zero-order chi connectivity index (χ0) is 17.7. The van der Waals surface area contributed by atoms with E-state index in [0.717, 1.165) is 22.3 Å². The standard InChI is InChI=1S/C19H15N5O2/c1-11-17-13(12-5-4-8-20-10-12)9-16(25)22-18(17)24(23-11)19-21-14-6-2-3-7-15(14)26-19/h2-8,10,13H,9H2,1H3,(H,22,25)/t13-/m0/s1. The van der Waals surface area contributed by atoms with Gasteiger partial charge in [-0.1, -0.05) is 18.2 Å². The van der Waals surface area contributed by atoms with Crippen molar-refractivity contribution in [1.82, 2.24) is 19.7 Å². The highest BCUT2D eigenvalue weighted by Gasteiger charge is 2.33. The van der Waals surface area contributed by atoms with Crippen LogP contribution in [-0.2, 0) is 4.79 Å². The Morgan fingerprint density at radius 3 is 2.92 bits per heavy atom. The maximum atomic E-state index is 12.4. The molecule has 1 amide bonds. The molecule has 1 atom stereocenters. The number of oxazole rings is 1. The summed E-state index contributed by atoms with van der Waals surface area (Å²) >= 11 is 0. The van der Waals surface area contributed by atoms with Crippen LogP contribution in [0.4, 0.5) is 5.82 Å². The summed E-state index contributed by atoms with van der Waals surface area (Å²) in [5, 5.41) is 7.53. The monoisotopic (exact) mass is 345 g/mol. The number of aryl methyl sites for hydroxylation is 1. The Morgan fingerprint density at radius 2 is 2.12 bits per heavy atom. The van der Waals surface area contributed by atoms with E-state index in [1.54, 1.807) is 17.1 Å². The van der Waals surface area contributed by atoms with Gasteiger partial charge in [0.25, 0.3) is 0 Å². The molecule has 4 heterocycles. The van der Waals surface area contributed by atoms with Crippen molar-refractivity contribution in [3.05, 3.63) is 65.6 Å². The lowest BCUT2D eigenvalue weighted by atomic mass is 9.87. The first-order chi connectivity index (χ1) is 12.7. The van der Waals surface area contributed by atoms with E-state index in [1.165, 1.54) is 0 Å². The number of nitrogens with one attached hydrogen (secondary N) is 1. The number of carbonyl (C=O) groups excluding carboxylic acids is 1. The molecule has 0 aliphatic carbocycles. The predicted octanol–water partition coefficient (Wildman–Crippen LogP) is 3.19. The third kappa shape index (κ3) is 2.21. The fourth-order valence-corrected chi connectivity index (χ4v) is 3.50. The van der Waals surface area contributed by atoms with Crippen LogP contribution in [-0.4, -0.2) is 25.7 Å². The summed E-state index contributed by atoms with van der Waals surface area (Å²) in [4.78, 5) is 21.0. The molecule has 7 nitrogen and oxygen atoms in total. The van der Waals surface area contributed by atoms with Gasteiger partial charge >= 0.3 is 6.01 Å². The van der Waals surface area contributed by atoms with E-state index >= 15 is 0 Å². The molecule has 1 N–H and O–H groups in total. The first-order valence-corrected chi connectivity index (χ1v) is 8.36. The summed E-state index contributed by atoms with van der Waals surface area (Å²) in [6.07, 6.45) is 3.88. The van der Waals surface area contributed by atoms with Crippen molar-refractivity contribution in [3.8, 4) is 6.01 Å². The molecule has 5 rings (SSSR count). The predicted molar refractivity (Wildman–Crippen MR) is 95.2 cm³/mol. The molecule has 26 heavy (non-hydrogen) atoms. The SMILES string of the molecule is Cc1nn(-c2nc3ccccc3o2)c2c1[C@H](c1cccnc1)CC(=O)N2. The maximum absolute atomic E-state index is 12.4. The van der Waals surface area contributed by atoms with Gasteiger partial charge in [-0.2, -0.15) is 14.8 Å². The first-order valence-electron chi connectivity index (χ1n) is 8.36. The molecule has 0 radical (unpaired) electrons. The normalized spacial score (nSPS) is 16.5. The smallest absolute Gasteiger partial charge is 0.325 e. The summed E-state index contributed by atoms with van der Waals surface area (Å²) in [7, 11) is 0. The molecule has 1 aromatic carbocycles. The summed E-state index contributed by atoms with van der Waals surface area (Å²) in [6.45, 7) is 1.93. The molecule has 1 aliphatic rings.